The summed E-state index contributed by atoms with van der Waals surface area (Å²) in [5, 5.41) is 11.8. The van der Waals surface area contributed by atoms with Crippen molar-refractivity contribution in [2.45, 2.75) is 42.9 Å². The number of carbonyl (C=O) groups is 1. The van der Waals surface area contributed by atoms with Crippen molar-refractivity contribution in [3.8, 4) is 6.07 Å². The van der Waals surface area contributed by atoms with Gasteiger partial charge >= 0.3 is 0 Å². The molecule has 0 aliphatic heterocycles. The molecule has 29 heavy (non-hydrogen) atoms. The van der Waals surface area contributed by atoms with Gasteiger partial charge in [-0.1, -0.05) is 30.5 Å². The summed E-state index contributed by atoms with van der Waals surface area (Å²) >= 11 is 6.24. The number of anilines is 1. The van der Waals surface area contributed by atoms with E-state index < -0.39 is 9.84 Å². The summed E-state index contributed by atoms with van der Waals surface area (Å²) in [5.41, 5.74) is 1.30. The van der Waals surface area contributed by atoms with Gasteiger partial charge < -0.3 is 5.32 Å². The Hall–Kier alpha value is -2.43. The fourth-order valence-electron chi connectivity index (χ4n) is 3.89. The van der Waals surface area contributed by atoms with Gasteiger partial charge in [0.25, 0.3) is 0 Å². The molecule has 0 bridgehead atoms. The summed E-state index contributed by atoms with van der Waals surface area (Å²) in [7, 11) is -3.41. The number of sulfone groups is 1. The molecule has 0 spiro atoms. The molecule has 1 unspecified atom stereocenters. The molecule has 1 aromatic carbocycles. The second-order valence-corrected chi connectivity index (χ2v) is 9.80. The molecular weight excluding hydrogens is 410 g/mol. The number of rotatable bonds is 6. The Labute approximate surface area is 175 Å². The van der Waals surface area contributed by atoms with Crippen LogP contribution in [0.15, 0.2) is 41.4 Å². The largest absolute Gasteiger partial charge is 0.311 e. The molecular formula is C21H22ClN3O3S. The first-order chi connectivity index (χ1) is 13.8. The number of halogens is 1. The molecule has 152 valence electrons. The molecule has 1 aliphatic rings. The average molecular weight is 432 g/mol. The van der Waals surface area contributed by atoms with Crippen molar-refractivity contribution in [2.75, 3.05) is 11.6 Å². The minimum Gasteiger partial charge on any atom is -0.311 e. The normalized spacial score (nSPS) is 15.6. The molecule has 1 heterocycles. The van der Waals surface area contributed by atoms with Crippen LogP contribution >= 0.6 is 11.6 Å². The number of benzene rings is 1. The summed E-state index contributed by atoms with van der Waals surface area (Å²) in [5.74, 6) is 0.504. The lowest BCUT2D eigenvalue weighted by Gasteiger charge is -2.24. The lowest BCUT2D eigenvalue weighted by atomic mass is 9.82. The summed E-state index contributed by atoms with van der Waals surface area (Å²) in [6.45, 7) is 0. The van der Waals surface area contributed by atoms with E-state index in [1.807, 2.05) is 6.07 Å². The molecule has 1 amide bonds. The fourth-order valence-corrected chi connectivity index (χ4v) is 5.23. The zero-order chi connectivity index (χ0) is 21.0. The highest BCUT2D eigenvalue weighted by Gasteiger charge is 2.29. The van der Waals surface area contributed by atoms with Crippen LogP contribution in [0.3, 0.4) is 0 Å². The summed E-state index contributed by atoms with van der Waals surface area (Å²) < 4.78 is 23.7. The highest BCUT2D eigenvalue weighted by molar-refractivity contribution is 7.90. The van der Waals surface area contributed by atoms with Crippen LogP contribution in [0, 0.1) is 17.2 Å². The van der Waals surface area contributed by atoms with E-state index in [1.54, 1.807) is 24.3 Å². The van der Waals surface area contributed by atoms with E-state index in [2.05, 4.69) is 10.3 Å². The number of nitriles is 1. The predicted molar refractivity (Wildman–Crippen MR) is 111 cm³/mol. The van der Waals surface area contributed by atoms with Gasteiger partial charge in [-0.05, 0) is 54.5 Å². The number of hydrogen-bond donors (Lipinski definition) is 1. The molecule has 0 radical (unpaired) electrons. The first-order valence-electron chi connectivity index (χ1n) is 9.43. The van der Waals surface area contributed by atoms with Gasteiger partial charge in [-0.3, -0.25) is 4.79 Å². The van der Waals surface area contributed by atoms with E-state index in [0.29, 0.717) is 17.3 Å². The Morgan fingerprint density at radius 3 is 2.59 bits per heavy atom. The van der Waals surface area contributed by atoms with Gasteiger partial charge in [0, 0.05) is 18.9 Å². The Bertz CT molecular complexity index is 1040. The second kappa shape index (κ2) is 8.93. The van der Waals surface area contributed by atoms with Crippen molar-refractivity contribution in [1.29, 1.82) is 5.26 Å². The minimum absolute atomic E-state index is 0.0537. The van der Waals surface area contributed by atoms with E-state index in [4.69, 9.17) is 16.9 Å². The van der Waals surface area contributed by atoms with E-state index in [9.17, 15) is 13.2 Å². The highest BCUT2D eigenvalue weighted by Crippen LogP contribution is 2.40. The monoisotopic (exact) mass is 431 g/mol. The quantitative estimate of drug-likeness (QED) is 0.734. The number of nitrogens with one attached hydrogen (secondary N) is 1. The van der Waals surface area contributed by atoms with Gasteiger partial charge in [-0.25, -0.2) is 13.4 Å². The van der Waals surface area contributed by atoms with Gasteiger partial charge in [0.15, 0.2) is 9.84 Å². The maximum atomic E-state index is 12.7. The van der Waals surface area contributed by atoms with Gasteiger partial charge in [-0.2, -0.15) is 5.26 Å². The molecule has 1 saturated carbocycles. The van der Waals surface area contributed by atoms with Crippen LogP contribution in [0.1, 0.15) is 49.1 Å². The van der Waals surface area contributed by atoms with Crippen LogP contribution in [0.4, 0.5) is 5.82 Å². The Morgan fingerprint density at radius 1 is 1.31 bits per heavy atom. The van der Waals surface area contributed by atoms with Crippen molar-refractivity contribution in [1.82, 2.24) is 4.98 Å². The molecule has 1 fully saturated rings. The van der Waals surface area contributed by atoms with Crippen LogP contribution in [-0.2, 0) is 14.6 Å². The lowest BCUT2D eigenvalue weighted by Crippen LogP contribution is -2.20. The molecule has 1 N–H and O–H groups in total. The minimum atomic E-state index is -3.41. The van der Waals surface area contributed by atoms with Crippen LogP contribution in [0.2, 0.25) is 5.02 Å². The van der Waals surface area contributed by atoms with Crippen molar-refractivity contribution in [2.24, 2.45) is 5.92 Å². The van der Waals surface area contributed by atoms with E-state index in [0.717, 1.165) is 37.5 Å². The Balaban J connectivity index is 1.81. The lowest BCUT2D eigenvalue weighted by molar-refractivity contribution is -0.116. The summed E-state index contributed by atoms with van der Waals surface area (Å²) in [4.78, 5) is 16.8. The van der Waals surface area contributed by atoms with Crippen LogP contribution in [-0.4, -0.2) is 25.6 Å². The number of carbonyl (C=O) groups excluding carboxylic acids is 1. The Morgan fingerprint density at radius 2 is 2.03 bits per heavy atom. The first kappa shape index (κ1) is 21.3. The zero-order valence-electron chi connectivity index (χ0n) is 16.1. The third kappa shape index (κ3) is 5.34. The van der Waals surface area contributed by atoms with Crippen LogP contribution in [0.25, 0.3) is 0 Å². The molecule has 1 aromatic heterocycles. The second-order valence-electron chi connectivity index (χ2n) is 7.41. The van der Waals surface area contributed by atoms with Crippen LogP contribution < -0.4 is 5.32 Å². The predicted octanol–water partition coefficient (Wildman–Crippen LogP) is 4.31. The van der Waals surface area contributed by atoms with Gasteiger partial charge in [0.1, 0.15) is 11.9 Å². The first-order valence-corrected chi connectivity index (χ1v) is 11.7. The molecule has 2 aromatic rings. The van der Waals surface area contributed by atoms with Crippen molar-refractivity contribution >= 4 is 33.2 Å². The Kier molecular flexibility index (Phi) is 6.56. The molecule has 3 rings (SSSR count). The average Bonchev–Trinajstić information content (AvgIpc) is 3.20. The number of amides is 1. The molecule has 1 aliphatic carbocycles. The molecule has 6 nitrogen and oxygen atoms in total. The maximum absolute atomic E-state index is 12.7. The van der Waals surface area contributed by atoms with Crippen LogP contribution in [0.5, 0.6) is 0 Å². The third-order valence-electron chi connectivity index (χ3n) is 5.32. The number of nitrogens with zero attached hydrogens (tertiary/aromatic N) is 2. The number of hydrogen-bond acceptors (Lipinski definition) is 5. The topological polar surface area (TPSA) is 99.9 Å². The standard InChI is InChI=1S/C21H22ClN3O3S/c1-29(27,28)19-8-7-16(10-18(19)22)17(15-4-2-3-5-15)11-21(26)25-20-9-6-14(12-23)13-24-20/h6-10,13,15,17H,2-5,11H2,1H3,(H,24,25,26). The van der Waals surface area contributed by atoms with Gasteiger partial charge in [0.05, 0.1) is 15.5 Å². The van der Waals surface area contributed by atoms with Crippen molar-refractivity contribution in [3.05, 3.63) is 52.7 Å². The molecule has 1 atom stereocenters. The summed E-state index contributed by atoms with van der Waals surface area (Å²) in [6.07, 6.45) is 7.08. The SMILES string of the molecule is CS(=O)(=O)c1ccc(C(CC(=O)Nc2ccc(C#N)cn2)C2CCCC2)cc1Cl. The van der Waals surface area contributed by atoms with Crippen molar-refractivity contribution < 1.29 is 13.2 Å². The van der Waals surface area contributed by atoms with E-state index in [1.165, 1.54) is 12.3 Å². The van der Waals surface area contributed by atoms with Gasteiger partial charge in [-0.15, -0.1) is 0 Å². The number of aromatic nitrogens is 1. The van der Waals surface area contributed by atoms with E-state index in [-0.39, 0.29) is 28.2 Å². The summed E-state index contributed by atoms with van der Waals surface area (Å²) in [6, 6.07) is 10.1. The fraction of sp³-hybridized carbons (Fsp3) is 0.381. The van der Waals surface area contributed by atoms with Crippen molar-refractivity contribution in [3.63, 3.8) is 0 Å². The molecule has 0 saturated heterocycles. The zero-order valence-corrected chi connectivity index (χ0v) is 17.6. The maximum Gasteiger partial charge on any atom is 0.226 e. The van der Waals surface area contributed by atoms with Gasteiger partial charge in [0.2, 0.25) is 5.91 Å². The third-order valence-corrected chi connectivity index (χ3v) is 6.90. The van der Waals surface area contributed by atoms with E-state index >= 15 is 0 Å². The molecule has 8 heteroatoms. The smallest absolute Gasteiger partial charge is 0.226 e. The highest BCUT2D eigenvalue weighted by atomic mass is 35.5. The number of pyridine rings is 1.